The van der Waals surface area contributed by atoms with Gasteiger partial charge in [0.25, 0.3) is 0 Å². The van der Waals surface area contributed by atoms with Gasteiger partial charge in [-0.3, -0.25) is 0 Å². The minimum absolute atomic E-state index is 1.22. The Morgan fingerprint density at radius 1 is 0.145 bits per heavy atom. The quantitative estimate of drug-likeness (QED) is 0.122. The normalized spacial score (nSPS) is 12.7. The summed E-state index contributed by atoms with van der Waals surface area (Å²) in [6, 6.07) is 92.5. The van der Waals surface area contributed by atoms with E-state index in [1.807, 2.05) is 0 Å². The fraction of sp³-hybridized carbons (Fsp3) is 0. The molecule has 76 heavy (non-hydrogen) atoms. The predicted octanol–water partition coefficient (Wildman–Crippen LogP) is 21.7. The van der Waals surface area contributed by atoms with Crippen molar-refractivity contribution >= 4 is 151 Å². The molecule has 0 heterocycles. The highest BCUT2D eigenvalue weighted by Gasteiger charge is 2.31. The highest BCUT2D eigenvalue weighted by atomic mass is 14.3. The predicted molar refractivity (Wildman–Crippen MR) is 329 cm³/mol. The Kier molecular flexibility index (Phi) is 7.32. The van der Waals surface area contributed by atoms with Crippen molar-refractivity contribution in [1.29, 1.82) is 0 Å². The Morgan fingerprint density at radius 2 is 0.461 bits per heavy atom. The van der Waals surface area contributed by atoms with Crippen molar-refractivity contribution in [1.82, 2.24) is 0 Å². The average molecular weight is 953 g/mol. The maximum Gasteiger partial charge on any atom is -0.000695 e. The van der Waals surface area contributed by atoms with Gasteiger partial charge in [0.1, 0.15) is 0 Å². The molecule has 0 N–H and O–H groups in total. The zero-order valence-electron chi connectivity index (χ0n) is 41.1. The lowest BCUT2D eigenvalue weighted by Crippen LogP contribution is -1.92. The van der Waals surface area contributed by atoms with Crippen molar-refractivity contribution in [2.45, 2.75) is 0 Å². The third-order valence-corrected chi connectivity index (χ3v) is 18.2. The van der Waals surface area contributed by atoms with Crippen molar-refractivity contribution in [3.8, 4) is 44.5 Å². The van der Waals surface area contributed by atoms with E-state index in [0.29, 0.717) is 0 Å². The van der Waals surface area contributed by atoms with Crippen LogP contribution in [0.25, 0.3) is 195 Å². The maximum absolute atomic E-state index is 2.50. The molecule has 0 amide bonds. The third-order valence-electron chi connectivity index (χ3n) is 18.2. The third kappa shape index (κ3) is 4.70. The molecule has 19 aromatic carbocycles. The Hall–Kier alpha value is -9.88. The first-order valence-electron chi connectivity index (χ1n) is 26.8. The molecule has 344 valence electrons. The summed E-state index contributed by atoms with van der Waals surface area (Å²) in [5.41, 5.74) is 10.0. The van der Waals surface area contributed by atoms with Crippen LogP contribution in [0.15, 0.2) is 243 Å². The van der Waals surface area contributed by atoms with Crippen LogP contribution in [0.4, 0.5) is 0 Å². The molecule has 0 aliphatic carbocycles. The van der Waals surface area contributed by atoms with Crippen LogP contribution in [0, 0.1) is 0 Å². The molecule has 0 saturated heterocycles. The van der Waals surface area contributed by atoms with Gasteiger partial charge in [0.15, 0.2) is 0 Å². The number of hydrogen-bond donors (Lipinski definition) is 0. The highest BCUT2D eigenvalue weighted by molar-refractivity contribution is 6.52. The Balaban J connectivity index is 1.03. The van der Waals surface area contributed by atoms with Gasteiger partial charge in [-0.25, -0.2) is 0 Å². The smallest absolute Gasteiger partial charge is 0.000695 e. The summed E-state index contributed by atoms with van der Waals surface area (Å²) in [6.45, 7) is 0. The van der Waals surface area contributed by atoms with E-state index < -0.39 is 0 Å². The van der Waals surface area contributed by atoms with Gasteiger partial charge in [-0.2, -0.15) is 0 Å². The number of rotatable bonds is 4. The first-order chi connectivity index (χ1) is 37.8. The van der Waals surface area contributed by atoms with Gasteiger partial charge in [-0.05, 0) is 201 Å². The largest absolute Gasteiger partial charge is 0.0622 e. The van der Waals surface area contributed by atoms with Gasteiger partial charge in [-0.15, -0.1) is 0 Å². The lowest BCUT2D eigenvalue weighted by molar-refractivity contribution is 1.61. The standard InChI is InChI=1S/C76H40/c1-3-16-41(17-4-1)45-23-7-10-26-48(45)71-73-57-30-13-20-43-21-14-31-58(63(43)57)74(73)72(49-27-11-8-24-46(49)42-18-5-2-6-19-42)76-61-39-36-55-53-34-37-59-67-56(33-32-52(65(53)67)54-35-38-60(75(71)76)68(61)66(54)55)62-40-44-22-15-29-50-47-25-9-12-28-51(47)70(64(44)50)69(59)62/h1-40H. The summed E-state index contributed by atoms with van der Waals surface area (Å²) < 4.78 is 0. The topological polar surface area (TPSA) is 0 Å². The van der Waals surface area contributed by atoms with Gasteiger partial charge in [0, 0.05) is 0 Å². The fourth-order valence-electron chi connectivity index (χ4n) is 15.4. The fourth-order valence-corrected chi connectivity index (χ4v) is 15.4. The van der Waals surface area contributed by atoms with E-state index in [1.54, 1.807) is 0 Å². The molecule has 0 spiro atoms. The molecule has 0 aliphatic heterocycles. The second kappa shape index (κ2) is 14.0. The van der Waals surface area contributed by atoms with Crippen LogP contribution in [0.1, 0.15) is 0 Å². The molecule has 0 aliphatic rings. The summed E-state index contributed by atoms with van der Waals surface area (Å²) in [5.74, 6) is 0. The second-order valence-corrected chi connectivity index (χ2v) is 21.5. The van der Waals surface area contributed by atoms with Crippen molar-refractivity contribution in [2.24, 2.45) is 0 Å². The van der Waals surface area contributed by atoms with Crippen LogP contribution in [0.3, 0.4) is 0 Å². The van der Waals surface area contributed by atoms with E-state index in [0.717, 1.165) is 0 Å². The van der Waals surface area contributed by atoms with E-state index in [2.05, 4.69) is 243 Å². The summed E-state index contributed by atoms with van der Waals surface area (Å²) >= 11 is 0. The van der Waals surface area contributed by atoms with Crippen LogP contribution in [-0.2, 0) is 0 Å². The van der Waals surface area contributed by atoms with Crippen LogP contribution < -0.4 is 0 Å². The molecule has 0 saturated carbocycles. The molecular formula is C76H40. The molecule has 0 aromatic heterocycles. The monoisotopic (exact) mass is 952 g/mol. The second-order valence-electron chi connectivity index (χ2n) is 21.5. The van der Waals surface area contributed by atoms with Gasteiger partial charge in [0.2, 0.25) is 0 Å². The Labute approximate surface area is 435 Å². The van der Waals surface area contributed by atoms with Gasteiger partial charge in [-0.1, -0.05) is 237 Å². The van der Waals surface area contributed by atoms with E-state index in [-0.39, 0.29) is 0 Å². The maximum atomic E-state index is 2.50. The lowest BCUT2D eigenvalue weighted by Gasteiger charge is -2.19. The first kappa shape index (κ1) is 39.6. The molecule has 0 atom stereocenters. The van der Waals surface area contributed by atoms with E-state index in [4.69, 9.17) is 0 Å². The van der Waals surface area contributed by atoms with Crippen LogP contribution in [-0.4, -0.2) is 0 Å². The molecule has 0 nitrogen and oxygen atoms in total. The molecule has 19 rings (SSSR count). The van der Waals surface area contributed by atoms with E-state index in [9.17, 15) is 0 Å². The van der Waals surface area contributed by atoms with Crippen molar-refractivity contribution < 1.29 is 0 Å². The zero-order valence-corrected chi connectivity index (χ0v) is 41.1. The van der Waals surface area contributed by atoms with Crippen LogP contribution in [0.2, 0.25) is 0 Å². The molecule has 0 heteroatoms. The summed E-state index contributed by atoms with van der Waals surface area (Å²) in [4.78, 5) is 0. The Morgan fingerprint density at radius 3 is 0.987 bits per heavy atom. The number of hydrogen-bond acceptors (Lipinski definition) is 0. The summed E-state index contributed by atoms with van der Waals surface area (Å²) in [6.07, 6.45) is 0. The van der Waals surface area contributed by atoms with Crippen molar-refractivity contribution in [3.63, 3.8) is 0 Å². The summed E-state index contributed by atoms with van der Waals surface area (Å²) in [5, 5.41) is 37.4. The lowest BCUT2D eigenvalue weighted by atomic mass is 9.83. The molecule has 19 aromatic rings. The van der Waals surface area contributed by atoms with Crippen molar-refractivity contribution in [2.75, 3.05) is 0 Å². The van der Waals surface area contributed by atoms with Crippen LogP contribution >= 0.6 is 0 Å². The minimum atomic E-state index is 1.22. The van der Waals surface area contributed by atoms with Crippen LogP contribution in [0.5, 0.6) is 0 Å². The molecular weight excluding hydrogens is 913 g/mol. The van der Waals surface area contributed by atoms with E-state index in [1.165, 1.54) is 195 Å². The highest BCUT2D eigenvalue weighted by Crippen LogP contribution is 2.60. The molecule has 0 bridgehead atoms. The van der Waals surface area contributed by atoms with Gasteiger partial charge >= 0.3 is 0 Å². The summed E-state index contributed by atoms with van der Waals surface area (Å²) in [7, 11) is 0. The zero-order chi connectivity index (χ0) is 49.1. The number of fused-ring (bicyclic) bond motifs is 15. The van der Waals surface area contributed by atoms with E-state index >= 15 is 0 Å². The SMILES string of the molecule is c1ccc(-c2ccccc2-c2c3c4cccc5cccc(c3c(-c3ccccc3-c3ccccc3)c3c6ccc7c8ccc9c%10c(ccc(c%11ccc(c23)c6c%117)c8%10)c2cc3cccc6c7ccccc7c(c36)c29)c54)cc1. The molecule has 0 unspecified atom stereocenters. The first-order valence-corrected chi connectivity index (χ1v) is 26.8. The Bertz CT molecular complexity index is 5450. The minimum Gasteiger partial charge on any atom is -0.0622 e. The van der Waals surface area contributed by atoms with Gasteiger partial charge in [0.05, 0.1) is 0 Å². The molecule has 0 fully saturated rings. The van der Waals surface area contributed by atoms with Crippen molar-refractivity contribution in [3.05, 3.63) is 243 Å². The number of benzene rings is 15. The average Bonchev–Trinajstić information content (AvgIpc) is 4.30. The molecule has 0 radical (unpaired) electrons. The van der Waals surface area contributed by atoms with Gasteiger partial charge < -0.3 is 0 Å².